The van der Waals surface area contributed by atoms with E-state index in [1.807, 2.05) is 37.4 Å². The van der Waals surface area contributed by atoms with Gasteiger partial charge in [-0.25, -0.2) is 18.1 Å². The maximum Gasteiger partial charge on any atom is 0.231 e. The second kappa shape index (κ2) is 9.34. The van der Waals surface area contributed by atoms with E-state index in [0.29, 0.717) is 0 Å². The Morgan fingerprint density at radius 2 is 2.00 bits per heavy atom. The number of hydrogen-bond acceptors (Lipinski definition) is 6. The number of sulfonamides is 1. The Labute approximate surface area is 176 Å². The van der Waals surface area contributed by atoms with Crippen molar-refractivity contribution in [2.75, 3.05) is 24.7 Å². The predicted molar refractivity (Wildman–Crippen MR) is 117 cm³/mol. The lowest BCUT2D eigenvalue weighted by atomic mass is 10.1. The number of piperidine rings is 1. The van der Waals surface area contributed by atoms with Crippen LogP contribution in [0.15, 0.2) is 23.6 Å². The zero-order valence-electron chi connectivity index (χ0n) is 17.1. The monoisotopic (exact) mass is 436 g/mol. The van der Waals surface area contributed by atoms with Crippen LogP contribution in [-0.4, -0.2) is 49.6 Å². The summed E-state index contributed by atoms with van der Waals surface area (Å²) >= 11 is 1.50. The number of aryl methyl sites for hydroxylation is 2. The molecule has 2 N–H and O–H groups in total. The highest BCUT2D eigenvalue weighted by Gasteiger charge is 2.22. The van der Waals surface area contributed by atoms with Crippen molar-refractivity contribution in [3.63, 3.8) is 0 Å². The van der Waals surface area contributed by atoms with E-state index in [4.69, 9.17) is 0 Å². The molecular formula is C20H28N4O3S2. The van der Waals surface area contributed by atoms with E-state index < -0.39 is 10.0 Å². The van der Waals surface area contributed by atoms with Crippen molar-refractivity contribution < 1.29 is 13.2 Å². The fraction of sp³-hybridized carbons (Fsp3) is 0.500. The molecule has 1 amide bonds. The predicted octanol–water partition coefficient (Wildman–Crippen LogP) is 2.45. The van der Waals surface area contributed by atoms with Crippen molar-refractivity contribution in [3.8, 4) is 0 Å². The molecule has 2 aromatic rings. The van der Waals surface area contributed by atoms with E-state index in [2.05, 4.69) is 19.9 Å². The summed E-state index contributed by atoms with van der Waals surface area (Å²) in [5, 5.41) is 5.78. The Balaban J connectivity index is 1.48. The lowest BCUT2D eigenvalue weighted by molar-refractivity contribution is -0.115. The zero-order chi connectivity index (χ0) is 21.0. The second-order valence-electron chi connectivity index (χ2n) is 7.72. The van der Waals surface area contributed by atoms with Gasteiger partial charge in [0, 0.05) is 36.7 Å². The number of carbonyl (C=O) groups is 1. The Kier molecular flexibility index (Phi) is 7.05. The standard InChI is InChI=1S/C20H28N4O3S2/c1-14-4-5-15(2)18(10-14)22-19(25)11-20-21-17(13-28-20)12-24-8-6-16(7-9-24)23-29(3,26)27/h4-5,10,13,16,23H,6-9,11-12H2,1-3H3,(H,22,25). The largest absolute Gasteiger partial charge is 0.325 e. The van der Waals surface area contributed by atoms with Gasteiger partial charge in [-0.3, -0.25) is 9.69 Å². The van der Waals surface area contributed by atoms with Crippen LogP contribution in [0.5, 0.6) is 0 Å². The highest BCUT2D eigenvalue weighted by Crippen LogP contribution is 2.19. The third-order valence-corrected chi connectivity index (χ3v) is 6.59. The number of amides is 1. The van der Waals surface area contributed by atoms with Crippen LogP contribution in [0, 0.1) is 13.8 Å². The van der Waals surface area contributed by atoms with E-state index >= 15 is 0 Å². The molecular weight excluding hydrogens is 408 g/mol. The summed E-state index contributed by atoms with van der Waals surface area (Å²) in [6.45, 7) is 6.36. The Morgan fingerprint density at radius 3 is 2.69 bits per heavy atom. The minimum absolute atomic E-state index is 0.0148. The molecule has 1 aliphatic heterocycles. The summed E-state index contributed by atoms with van der Waals surface area (Å²) in [4.78, 5) is 19.3. The molecule has 1 aliphatic rings. The normalized spacial score (nSPS) is 16.1. The van der Waals surface area contributed by atoms with E-state index in [0.717, 1.165) is 60.0 Å². The smallest absolute Gasteiger partial charge is 0.231 e. The molecule has 0 aliphatic carbocycles. The molecule has 9 heteroatoms. The lowest BCUT2D eigenvalue weighted by Gasteiger charge is -2.31. The number of carbonyl (C=O) groups excluding carboxylic acids is 1. The maximum absolute atomic E-state index is 12.4. The number of thiazole rings is 1. The van der Waals surface area contributed by atoms with Crippen LogP contribution in [0.4, 0.5) is 5.69 Å². The highest BCUT2D eigenvalue weighted by molar-refractivity contribution is 7.88. The van der Waals surface area contributed by atoms with Crippen molar-refractivity contribution in [3.05, 3.63) is 45.4 Å². The number of aromatic nitrogens is 1. The molecule has 0 bridgehead atoms. The van der Waals surface area contributed by atoms with Gasteiger partial charge < -0.3 is 5.32 Å². The van der Waals surface area contributed by atoms with Crippen LogP contribution in [0.2, 0.25) is 0 Å². The summed E-state index contributed by atoms with van der Waals surface area (Å²) in [7, 11) is -3.15. The minimum atomic E-state index is -3.15. The number of rotatable bonds is 7. The van der Waals surface area contributed by atoms with Gasteiger partial charge in [0.25, 0.3) is 0 Å². The van der Waals surface area contributed by atoms with Gasteiger partial charge in [-0.1, -0.05) is 12.1 Å². The molecule has 0 unspecified atom stereocenters. The fourth-order valence-corrected chi connectivity index (χ4v) is 5.07. The van der Waals surface area contributed by atoms with E-state index in [1.165, 1.54) is 17.6 Å². The molecule has 158 valence electrons. The molecule has 2 heterocycles. The SMILES string of the molecule is Cc1ccc(C)c(NC(=O)Cc2nc(CN3CCC(NS(C)(=O)=O)CC3)cs2)c1. The summed E-state index contributed by atoms with van der Waals surface area (Å²) in [5.74, 6) is -0.0627. The molecule has 0 saturated carbocycles. The quantitative estimate of drug-likeness (QED) is 0.696. The van der Waals surface area contributed by atoms with Crippen LogP contribution in [-0.2, 0) is 27.8 Å². The molecule has 1 aromatic heterocycles. The van der Waals surface area contributed by atoms with Gasteiger partial charge in [0.15, 0.2) is 0 Å². The van der Waals surface area contributed by atoms with Crippen LogP contribution >= 0.6 is 11.3 Å². The molecule has 0 atom stereocenters. The van der Waals surface area contributed by atoms with Gasteiger partial charge in [0.2, 0.25) is 15.9 Å². The van der Waals surface area contributed by atoms with Crippen molar-refractivity contribution >= 4 is 33.0 Å². The van der Waals surface area contributed by atoms with Gasteiger partial charge in [-0.05, 0) is 43.9 Å². The minimum Gasteiger partial charge on any atom is -0.325 e. The Morgan fingerprint density at radius 1 is 1.28 bits per heavy atom. The van der Waals surface area contributed by atoms with Crippen molar-refractivity contribution in [2.24, 2.45) is 0 Å². The second-order valence-corrected chi connectivity index (χ2v) is 10.4. The third-order valence-electron chi connectivity index (χ3n) is 4.93. The highest BCUT2D eigenvalue weighted by atomic mass is 32.2. The third kappa shape index (κ3) is 6.88. The Hall–Kier alpha value is -1.81. The fourth-order valence-electron chi connectivity index (χ4n) is 3.45. The lowest BCUT2D eigenvalue weighted by Crippen LogP contribution is -2.44. The van der Waals surface area contributed by atoms with E-state index in [-0.39, 0.29) is 18.4 Å². The first-order valence-corrected chi connectivity index (χ1v) is 12.4. The van der Waals surface area contributed by atoms with Crippen LogP contribution in [0.1, 0.15) is 34.7 Å². The summed E-state index contributed by atoms with van der Waals surface area (Å²) < 4.78 is 25.4. The number of nitrogens with zero attached hydrogens (tertiary/aromatic N) is 2. The average molecular weight is 437 g/mol. The average Bonchev–Trinajstić information content (AvgIpc) is 3.05. The van der Waals surface area contributed by atoms with E-state index in [9.17, 15) is 13.2 Å². The number of nitrogens with one attached hydrogen (secondary N) is 2. The molecule has 1 fully saturated rings. The molecule has 3 rings (SSSR count). The molecule has 1 aromatic carbocycles. The zero-order valence-corrected chi connectivity index (χ0v) is 18.7. The first-order chi connectivity index (χ1) is 13.7. The van der Waals surface area contributed by atoms with Gasteiger partial charge in [0.1, 0.15) is 5.01 Å². The van der Waals surface area contributed by atoms with E-state index in [1.54, 1.807) is 0 Å². The first-order valence-electron chi connectivity index (χ1n) is 9.68. The first kappa shape index (κ1) is 21.9. The number of hydrogen-bond donors (Lipinski definition) is 2. The molecule has 7 nitrogen and oxygen atoms in total. The molecule has 29 heavy (non-hydrogen) atoms. The van der Waals surface area contributed by atoms with Gasteiger partial charge in [0.05, 0.1) is 18.4 Å². The van der Waals surface area contributed by atoms with Gasteiger partial charge in [-0.2, -0.15) is 0 Å². The number of anilines is 1. The molecule has 1 saturated heterocycles. The number of benzene rings is 1. The van der Waals surface area contributed by atoms with Gasteiger partial charge >= 0.3 is 0 Å². The maximum atomic E-state index is 12.4. The van der Waals surface area contributed by atoms with Crippen molar-refractivity contribution in [2.45, 2.75) is 45.7 Å². The summed E-state index contributed by atoms with van der Waals surface area (Å²) in [5.41, 5.74) is 3.95. The summed E-state index contributed by atoms with van der Waals surface area (Å²) in [6, 6.07) is 6.02. The molecule has 0 radical (unpaired) electrons. The summed E-state index contributed by atoms with van der Waals surface area (Å²) in [6.07, 6.45) is 3.05. The number of likely N-dealkylation sites (tertiary alicyclic amines) is 1. The van der Waals surface area contributed by atoms with Crippen molar-refractivity contribution in [1.29, 1.82) is 0 Å². The van der Waals surface area contributed by atoms with Crippen LogP contribution in [0.25, 0.3) is 0 Å². The Bertz CT molecular complexity index is 964. The van der Waals surface area contributed by atoms with Crippen LogP contribution in [0.3, 0.4) is 0 Å². The van der Waals surface area contributed by atoms with Crippen molar-refractivity contribution in [1.82, 2.24) is 14.6 Å². The topological polar surface area (TPSA) is 91.4 Å². The van der Waals surface area contributed by atoms with Crippen LogP contribution < -0.4 is 10.0 Å². The van der Waals surface area contributed by atoms with Gasteiger partial charge in [-0.15, -0.1) is 11.3 Å². The molecule has 0 spiro atoms.